The number of amides is 3. The van der Waals surface area contributed by atoms with Gasteiger partial charge in [0.15, 0.2) is 5.79 Å². The molecule has 1 spiro atoms. The van der Waals surface area contributed by atoms with Gasteiger partial charge in [0, 0.05) is 22.9 Å². The van der Waals surface area contributed by atoms with Gasteiger partial charge in [0.05, 0.1) is 31.3 Å². The summed E-state index contributed by atoms with van der Waals surface area (Å²) in [6.07, 6.45) is 0.159. The lowest BCUT2D eigenvalue weighted by Gasteiger charge is -2.24. The summed E-state index contributed by atoms with van der Waals surface area (Å²) in [4.78, 5) is 40.5. The number of thiophene rings is 1. The van der Waals surface area contributed by atoms with Gasteiger partial charge in [-0.15, -0.1) is 11.3 Å². The molecule has 2 aliphatic rings. The van der Waals surface area contributed by atoms with E-state index in [1.54, 1.807) is 35.7 Å². The van der Waals surface area contributed by atoms with Gasteiger partial charge in [-0.1, -0.05) is 18.2 Å². The van der Waals surface area contributed by atoms with E-state index in [0.29, 0.717) is 40.8 Å². The molecule has 0 aliphatic carbocycles. The molecule has 3 heterocycles. The maximum absolute atomic E-state index is 13.2. The molecule has 0 unspecified atom stereocenters. The van der Waals surface area contributed by atoms with Crippen molar-refractivity contribution in [2.24, 2.45) is 5.73 Å². The van der Waals surface area contributed by atoms with Crippen LogP contribution in [0, 0.1) is 5.41 Å². The molecule has 2 fully saturated rings. The van der Waals surface area contributed by atoms with E-state index in [1.807, 2.05) is 30.3 Å². The first-order chi connectivity index (χ1) is 18.8. The normalized spacial score (nSPS) is 17.6. The number of hydrogen-bond acceptors (Lipinski definition) is 8. The molecule has 0 radical (unpaired) electrons. The molecule has 202 valence electrons. The predicted octanol–water partition coefficient (Wildman–Crippen LogP) is 2.54. The van der Waals surface area contributed by atoms with E-state index in [4.69, 9.17) is 25.4 Å². The zero-order valence-corrected chi connectivity index (χ0v) is 21.7. The molecular weight excluding hydrogens is 522 g/mol. The Morgan fingerprint density at radius 3 is 2.41 bits per heavy atom. The number of likely N-dealkylation sites (tertiary alicyclic amines) is 1. The third-order valence-corrected chi connectivity index (χ3v) is 7.23. The maximum Gasteiger partial charge on any atom is 0.251 e. The average molecular weight is 550 g/mol. The lowest BCUT2D eigenvalue weighted by atomic mass is 10.1. The summed E-state index contributed by atoms with van der Waals surface area (Å²) in [5.41, 5.74) is 6.36. The Morgan fingerprint density at radius 1 is 1.05 bits per heavy atom. The van der Waals surface area contributed by atoms with Gasteiger partial charge in [-0.05, 0) is 42.5 Å². The van der Waals surface area contributed by atoms with Gasteiger partial charge in [-0.2, -0.15) is 0 Å². The molecular formula is C27H27N5O6S. The van der Waals surface area contributed by atoms with Crippen LogP contribution in [0.25, 0.3) is 0 Å². The van der Waals surface area contributed by atoms with Gasteiger partial charge < -0.3 is 35.5 Å². The monoisotopic (exact) mass is 549 g/mol. The third kappa shape index (κ3) is 6.08. The van der Waals surface area contributed by atoms with Gasteiger partial charge in [-0.25, -0.2) is 0 Å². The largest absolute Gasteiger partial charge is 0.457 e. The van der Waals surface area contributed by atoms with Gasteiger partial charge in [0.1, 0.15) is 23.4 Å². The fraction of sp³-hybridized carbons (Fsp3) is 0.259. The highest BCUT2D eigenvalue weighted by molar-refractivity contribution is 7.14. The van der Waals surface area contributed by atoms with Crippen LogP contribution in [0.2, 0.25) is 0 Å². The Kier molecular flexibility index (Phi) is 7.59. The van der Waals surface area contributed by atoms with Crippen LogP contribution in [0.4, 0.5) is 5.00 Å². The highest BCUT2D eigenvalue weighted by atomic mass is 32.1. The number of nitrogens with two attached hydrogens (primary N) is 1. The van der Waals surface area contributed by atoms with Crippen LogP contribution in [0.3, 0.4) is 0 Å². The lowest BCUT2D eigenvalue weighted by Crippen LogP contribution is -2.47. The summed E-state index contributed by atoms with van der Waals surface area (Å²) in [7, 11) is 0. The molecule has 11 nitrogen and oxygen atoms in total. The number of carbonyl (C=O) groups is 3. The third-order valence-electron chi connectivity index (χ3n) is 6.38. The smallest absolute Gasteiger partial charge is 0.251 e. The first kappa shape index (κ1) is 26.4. The molecule has 0 bridgehead atoms. The van der Waals surface area contributed by atoms with E-state index in [0.717, 1.165) is 0 Å². The van der Waals surface area contributed by atoms with Gasteiger partial charge in [-0.3, -0.25) is 19.8 Å². The highest BCUT2D eigenvalue weighted by Gasteiger charge is 2.52. The van der Waals surface area contributed by atoms with Gasteiger partial charge in [0.2, 0.25) is 11.8 Å². The standard InChI is InChI=1S/C27H27N5O6S/c28-24(29)18-12-22(39-15-18)31-26(35)21-13-27(36-10-11-37-27)16-32(21)23(33)14-30-25(34)17-6-8-20(9-7-17)38-19-4-2-1-3-5-19/h1-9,12,15,21H,10-11,13-14,16H2,(H3,28,29)(H,30,34)(H,31,35)/t21-/m0/s1. The van der Waals surface area contributed by atoms with Crippen molar-refractivity contribution < 1.29 is 28.6 Å². The van der Waals surface area contributed by atoms with E-state index in [2.05, 4.69) is 10.6 Å². The molecule has 0 saturated carbocycles. The van der Waals surface area contributed by atoms with Crippen LogP contribution in [0.15, 0.2) is 66.0 Å². The van der Waals surface area contributed by atoms with E-state index >= 15 is 0 Å². The van der Waals surface area contributed by atoms with Crippen LogP contribution in [-0.2, 0) is 19.1 Å². The number of para-hydroxylation sites is 1. The number of rotatable bonds is 8. The molecule has 39 heavy (non-hydrogen) atoms. The minimum atomic E-state index is -1.06. The molecule has 3 aromatic rings. The van der Waals surface area contributed by atoms with Crippen LogP contribution in [0.5, 0.6) is 11.5 Å². The summed E-state index contributed by atoms with van der Waals surface area (Å²) in [6, 6.07) is 16.6. The minimum absolute atomic E-state index is 0.0639. The average Bonchev–Trinajstić information content (AvgIpc) is 3.69. The van der Waals surface area contributed by atoms with Crippen molar-refractivity contribution in [3.8, 4) is 11.5 Å². The number of nitrogen functional groups attached to an aromatic ring is 1. The number of ether oxygens (including phenoxy) is 3. The second kappa shape index (κ2) is 11.2. The number of carbonyl (C=O) groups excluding carboxylic acids is 3. The topological polar surface area (TPSA) is 156 Å². The van der Waals surface area contributed by atoms with Crippen molar-refractivity contribution in [2.45, 2.75) is 18.2 Å². The van der Waals surface area contributed by atoms with E-state index in [-0.39, 0.29) is 25.3 Å². The zero-order valence-electron chi connectivity index (χ0n) is 20.8. The van der Waals surface area contributed by atoms with Gasteiger partial charge >= 0.3 is 0 Å². The molecule has 2 saturated heterocycles. The molecule has 5 N–H and O–H groups in total. The quantitative estimate of drug-likeness (QED) is 0.248. The molecule has 2 aromatic carbocycles. The SMILES string of the molecule is N=C(N)c1csc(NC(=O)[C@@H]2CC3(CN2C(=O)CNC(=O)c2ccc(Oc4ccccc4)cc2)OCCO3)c1. The zero-order chi connectivity index (χ0) is 27.4. The maximum atomic E-state index is 13.2. The molecule has 1 aromatic heterocycles. The molecule has 1 atom stereocenters. The molecule has 3 amide bonds. The number of hydrogen-bond donors (Lipinski definition) is 4. The second-order valence-electron chi connectivity index (χ2n) is 9.07. The van der Waals surface area contributed by atoms with Crippen molar-refractivity contribution in [1.82, 2.24) is 10.2 Å². The Labute approximate surface area is 228 Å². The fourth-order valence-electron chi connectivity index (χ4n) is 4.45. The van der Waals surface area contributed by atoms with E-state index < -0.39 is 29.6 Å². The minimum Gasteiger partial charge on any atom is -0.457 e. The first-order valence-electron chi connectivity index (χ1n) is 12.2. The predicted molar refractivity (Wildman–Crippen MR) is 144 cm³/mol. The number of nitrogens with one attached hydrogen (secondary N) is 3. The summed E-state index contributed by atoms with van der Waals surface area (Å²) in [6.45, 7) is 0.483. The van der Waals surface area contributed by atoms with Crippen molar-refractivity contribution in [3.05, 3.63) is 77.2 Å². The van der Waals surface area contributed by atoms with Crippen LogP contribution in [-0.4, -0.2) is 66.6 Å². The molecule has 12 heteroatoms. The highest BCUT2D eigenvalue weighted by Crippen LogP contribution is 2.35. The van der Waals surface area contributed by atoms with Gasteiger partial charge in [0.25, 0.3) is 5.91 Å². The van der Waals surface area contributed by atoms with Crippen molar-refractivity contribution in [2.75, 3.05) is 31.6 Å². The summed E-state index contributed by atoms with van der Waals surface area (Å²) < 4.78 is 17.3. The van der Waals surface area contributed by atoms with Crippen molar-refractivity contribution >= 4 is 39.9 Å². The summed E-state index contributed by atoms with van der Waals surface area (Å²) in [5.74, 6) is -1.22. The number of benzene rings is 2. The lowest BCUT2D eigenvalue weighted by molar-refractivity contribution is -0.152. The van der Waals surface area contributed by atoms with E-state index in [1.165, 1.54) is 16.2 Å². The second-order valence-corrected chi connectivity index (χ2v) is 9.99. The van der Waals surface area contributed by atoms with Crippen molar-refractivity contribution in [3.63, 3.8) is 0 Å². The van der Waals surface area contributed by atoms with Crippen LogP contribution in [0.1, 0.15) is 22.3 Å². The Bertz CT molecular complexity index is 1370. The fourth-order valence-corrected chi connectivity index (χ4v) is 5.25. The summed E-state index contributed by atoms with van der Waals surface area (Å²) in [5, 5.41) is 15.1. The Hall–Kier alpha value is -4.26. The number of nitrogens with zero attached hydrogens (tertiary/aromatic N) is 1. The van der Waals surface area contributed by atoms with Crippen LogP contribution < -0.4 is 21.1 Å². The molecule has 2 aliphatic heterocycles. The van der Waals surface area contributed by atoms with Crippen LogP contribution >= 0.6 is 11.3 Å². The first-order valence-corrected chi connectivity index (χ1v) is 13.1. The Balaban J connectivity index is 1.21. The number of amidine groups is 1. The van der Waals surface area contributed by atoms with Crippen molar-refractivity contribution in [1.29, 1.82) is 5.41 Å². The summed E-state index contributed by atoms with van der Waals surface area (Å²) >= 11 is 1.23. The molecule has 5 rings (SSSR count). The van der Waals surface area contributed by atoms with E-state index in [9.17, 15) is 14.4 Å². The number of anilines is 1. The Morgan fingerprint density at radius 2 is 1.74 bits per heavy atom.